The number of hydrogen-bond acceptors (Lipinski definition) is 2. The molecule has 1 amide bonds. The molecule has 4 aliphatic rings. The van der Waals surface area contributed by atoms with E-state index in [0.717, 1.165) is 37.1 Å². The molecule has 2 saturated carbocycles. The summed E-state index contributed by atoms with van der Waals surface area (Å²) in [6, 6.07) is 2.03. The average Bonchev–Trinajstić information content (AvgIpc) is 3.22. The van der Waals surface area contributed by atoms with Crippen LogP contribution in [0.4, 0.5) is 0 Å². The molecule has 1 N–H and O–H groups in total. The van der Waals surface area contributed by atoms with Gasteiger partial charge in [-0.3, -0.25) is 4.79 Å². The van der Waals surface area contributed by atoms with Crippen molar-refractivity contribution in [1.82, 2.24) is 15.1 Å². The third kappa shape index (κ3) is 2.20. The van der Waals surface area contributed by atoms with Crippen molar-refractivity contribution in [3.63, 3.8) is 0 Å². The van der Waals surface area contributed by atoms with Crippen LogP contribution in [0.2, 0.25) is 0 Å². The number of amides is 1. The summed E-state index contributed by atoms with van der Waals surface area (Å²) in [5, 5.41) is 7.72. The van der Waals surface area contributed by atoms with Gasteiger partial charge in [0.05, 0.1) is 0 Å². The molecule has 0 bridgehead atoms. The third-order valence-electron chi connectivity index (χ3n) is 8.79. The topological polar surface area (TPSA) is 46.9 Å². The van der Waals surface area contributed by atoms with Crippen molar-refractivity contribution in [3.8, 4) is 0 Å². The first-order chi connectivity index (χ1) is 12.5. The normalized spacial score (nSPS) is 45.0. The van der Waals surface area contributed by atoms with Gasteiger partial charge in [-0.15, -0.1) is 0 Å². The van der Waals surface area contributed by atoms with Gasteiger partial charge in [-0.2, -0.15) is 5.10 Å². The van der Waals surface area contributed by atoms with E-state index in [-0.39, 0.29) is 11.3 Å². The Balaban J connectivity index is 1.45. The molecular formula is C22H31N3O. The molecule has 0 spiro atoms. The highest BCUT2D eigenvalue weighted by Crippen LogP contribution is 2.65. The van der Waals surface area contributed by atoms with Crippen LogP contribution in [0, 0.1) is 34.5 Å². The van der Waals surface area contributed by atoms with Crippen molar-refractivity contribution in [2.75, 3.05) is 6.54 Å². The quantitative estimate of drug-likeness (QED) is 0.826. The van der Waals surface area contributed by atoms with Gasteiger partial charge in [0, 0.05) is 36.5 Å². The number of aromatic nitrogens is 2. The predicted octanol–water partition coefficient (Wildman–Crippen LogP) is 4.10. The molecule has 1 aliphatic heterocycles. The summed E-state index contributed by atoms with van der Waals surface area (Å²) in [5.41, 5.74) is 2.02. The van der Waals surface area contributed by atoms with Crippen molar-refractivity contribution in [3.05, 3.63) is 24.5 Å². The van der Waals surface area contributed by atoms with Gasteiger partial charge in [0.25, 0.3) is 0 Å². The molecule has 26 heavy (non-hydrogen) atoms. The summed E-state index contributed by atoms with van der Waals surface area (Å²) in [6.45, 7) is 5.90. The molecule has 1 aromatic rings. The van der Waals surface area contributed by atoms with Crippen molar-refractivity contribution < 1.29 is 4.79 Å². The molecule has 1 aromatic heterocycles. The van der Waals surface area contributed by atoms with E-state index in [9.17, 15) is 4.79 Å². The minimum absolute atomic E-state index is 0.259. The maximum absolute atomic E-state index is 12.0. The summed E-state index contributed by atoms with van der Waals surface area (Å²) < 4.78 is 2.11. The van der Waals surface area contributed by atoms with Gasteiger partial charge in [-0.1, -0.05) is 19.9 Å². The van der Waals surface area contributed by atoms with E-state index in [0.29, 0.717) is 11.3 Å². The molecule has 2 heterocycles. The highest BCUT2D eigenvalue weighted by atomic mass is 16.1. The number of fused-ring (bicyclic) bond motifs is 5. The van der Waals surface area contributed by atoms with Crippen LogP contribution in [0.15, 0.2) is 24.5 Å². The molecule has 4 nitrogen and oxygen atoms in total. The Labute approximate surface area is 156 Å². The summed E-state index contributed by atoms with van der Waals surface area (Å²) in [5.74, 6) is 3.25. The van der Waals surface area contributed by atoms with Crippen LogP contribution >= 0.6 is 0 Å². The van der Waals surface area contributed by atoms with Crippen molar-refractivity contribution in [2.45, 2.75) is 58.8 Å². The first kappa shape index (κ1) is 16.6. The molecule has 3 fully saturated rings. The Morgan fingerprint density at radius 2 is 2.08 bits per heavy atom. The maximum atomic E-state index is 12.0. The first-order valence-electron chi connectivity index (χ1n) is 10.5. The fourth-order valence-electron chi connectivity index (χ4n) is 7.28. The van der Waals surface area contributed by atoms with Crippen LogP contribution in [-0.2, 0) is 4.79 Å². The second-order valence-corrected chi connectivity index (χ2v) is 9.69. The molecule has 1 saturated heterocycles. The Kier molecular flexibility index (Phi) is 3.64. The second-order valence-electron chi connectivity index (χ2n) is 9.69. The van der Waals surface area contributed by atoms with Gasteiger partial charge in [-0.25, -0.2) is 4.68 Å². The molecule has 3 aliphatic carbocycles. The number of carbonyl (C=O) groups is 1. The lowest BCUT2D eigenvalue weighted by molar-refractivity contribution is -0.121. The molecule has 0 radical (unpaired) electrons. The van der Waals surface area contributed by atoms with E-state index < -0.39 is 0 Å². The highest BCUT2D eigenvalue weighted by molar-refractivity contribution is 5.76. The van der Waals surface area contributed by atoms with Gasteiger partial charge < -0.3 is 5.32 Å². The molecular weight excluding hydrogens is 322 g/mol. The van der Waals surface area contributed by atoms with Crippen molar-refractivity contribution in [2.24, 2.45) is 34.5 Å². The van der Waals surface area contributed by atoms with Crippen molar-refractivity contribution >= 4 is 11.6 Å². The number of allylic oxidation sites excluding steroid dienone is 2. The zero-order chi connectivity index (χ0) is 17.9. The zero-order valence-electron chi connectivity index (χ0n) is 16.1. The molecule has 0 unspecified atom stereocenters. The average molecular weight is 354 g/mol. The fourth-order valence-corrected chi connectivity index (χ4v) is 7.28. The van der Waals surface area contributed by atoms with Gasteiger partial charge in [0.15, 0.2) is 0 Å². The van der Waals surface area contributed by atoms with Crippen LogP contribution in [-0.4, -0.2) is 22.2 Å². The van der Waals surface area contributed by atoms with Crippen LogP contribution in [0.1, 0.15) is 58.8 Å². The molecule has 6 atom stereocenters. The Hall–Kier alpha value is -1.58. The van der Waals surface area contributed by atoms with E-state index >= 15 is 0 Å². The fraction of sp³-hybridized carbons (Fsp3) is 0.727. The van der Waals surface area contributed by atoms with E-state index in [1.807, 2.05) is 12.3 Å². The van der Waals surface area contributed by atoms with E-state index in [1.165, 1.54) is 37.8 Å². The summed E-state index contributed by atoms with van der Waals surface area (Å²) in [4.78, 5) is 12.0. The third-order valence-corrected chi connectivity index (χ3v) is 8.79. The molecule has 140 valence electrons. The minimum atomic E-state index is 0.259. The highest BCUT2D eigenvalue weighted by Gasteiger charge is 2.58. The summed E-state index contributed by atoms with van der Waals surface area (Å²) >= 11 is 0. The van der Waals surface area contributed by atoms with E-state index in [2.05, 4.69) is 41.2 Å². The lowest BCUT2D eigenvalue weighted by Crippen LogP contribution is -2.52. The number of nitrogens with one attached hydrogen (secondary N) is 1. The van der Waals surface area contributed by atoms with Crippen LogP contribution in [0.3, 0.4) is 0 Å². The molecule has 4 heteroatoms. The number of nitrogens with zero attached hydrogens (tertiary/aromatic N) is 2. The first-order valence-corrected chi connectivity index (χ1v) is 10.5. The van der Waals surface area contributed by atoms with Gasteiger partial charge in [-0.05, 0) is 73.7 Å². The van der Waals surface area contributed by atoms with Gasteiger partial charge >= 0.3 is 0 Å². The standard InChI is InChI=1S/C22H31N3O/c1-21-11-9-20(26)23-14-15(21)4-5-16-17-6-7-19(25-13-3-12-24-25)22(17,2)10-8-18(16)21/h3,7,12-13,15-18H,4-6,8-11,14H2,1-2H3,(H,23,26)/t15-,16-,17-,18-,21-,22-/m0/s1. The lowest BCUT2D eigenvalue weighted by Gasteiger charge is -2.58. The van der Waals surface area contributed by atoms with Crippen LogP contribution < -0.4 is 5.32 Å². The van der Waals surface area contributed by atoms with E-state index in [4.69, 9.17) is 0 Å². The Bertz CT molecular complexity index is 739. The second kappa shape index (κ2) is 5.71. The zero-order valence-corrected chi connectivity index (χ0v) is 16.1. The monoisotopic (exact) mass is 353 g/mol. The minimum Gasteiger partial charge on any atom is -0.356 e. The van der Waals surface area contributed by atoms with Gasteiger partial charge in [0.2, 0.25) is 5.91 Å². The molecule has 0 aromatic carbocycles. The maximum Gasteiger partial charge on any atom is 0.220 e. The smallest absolute Gasteiger partial charge is 0.220 e. The SMILES string of the molecule is C[C@]12CCC(=O)NC[C@@H]1CC[C@@H]1[C@@H]2CC[C@]2(C)C(n3cccn3)=CC[C@@H]12. The van der Waals surface area contributed by atoms with Crippen molar-refractivity contribution in [1.29, 1.82) is 0 Å². The van der Waals surface area contributed by atoms with Crippen LogP contribution in [0.5, 0.6) is 0 Å². The lowest BCUT2D eigenvalue weighted by atomic mass is 9.47. The van der Waals surface area contributed by atoms with Crippen LogP contribution in [0.25, 0.3) is 5.70 Å². The number of rotatable bonds is 1. The largest absolute Gasteiger partial charge is 0.356 e. The Morgan fingerprint density at radius 1 is 1.19 bits per heavy atom. The predicted molar refractivity (Wildman–Crippen MR) is 102 cm³/mol. The van der Waals surface area contributed by atoms with E-state index in [1.54, 1.807) is 0 Å². The Morgan fingerprint density at radius 3 is 2.88 bits per heavy atom. The molecule has 5 rings (SSSR count). The summed E-state index contributed by atoms with van der Waals surface area (Å²) in [6.07, 6.45) is 14.6. The van der Waals surface area contributed by atoms with Gasteiger partial charge in [0.1, 0.15) is 0 Å². The number of carbonyl (C=O) groups excluding carboxylic acids is 1. The summed E-state index contributed by atoms with van der Waals surface area (Å²) in [7, 11) is 0. The number of hydrogen-bond donors (Lipinski definition) is 1.